The molecule has 9 heteroatoms. The van der Waals surface area contributed by atoms with Crippen LogP contribution in [0.15, 0.2) is 47.4 Å². The summed E-state index contributed by atoms with van der Waals surface area (Å²) in [6, 6.07) is 11.3. The zero-order valence-corrected chi connectivity index (χ0v) is 16.1. The largest absolute Gasteiger partial charge is 0.493 e. The number of hydrogen-bond acceptors (Lipinski definition) is 6. The van der Waals surface area contributed by atoms with E-state index in [2.05, 4.69) is 10.1 Å². The predicted octanol–water partition coefficient (Wildman–Crippen LogP) is 3.49. The second-order valence-electron chi connectivity index (χ2n) is 5.44. The van der Waals surface area contributed by atoms with Crippen molar-refractivity contribution >= 4 is 23.6 Å². The molecular weight excluding hydrogens is 392 g/mol. The molecule has 2 aromatic carbocycles. The third kappa shape index (κ3) is 6.41. The van der Waals surface area contributed by atoms with Gasteiger partial charge >= 0.3 is 12.6 Å². The molecule has 28 heavy (non-hydrogen) atoms. The average Bonchev–Trinajstić information content (AvgIpc) is 2.70. The van der Waals surface area contributed by atoms with Crippen LogP contribution in [0, 0.1) is 0 Å². The van der Waals surface area contributed by atoms with Crippen LogP contribution in [-0.4, -0.2) is 38.4 Å². The highest BCUT2D eigenvalue weighted by molar-refractivity contribution is 7.98. The smallest absolute Gasteiger partial charge is 0.387 e. The lowest BCUT2D eigenvalue weighted by Crippen LogP contribution is -2.30. The zero-order chi connectivity index (χ0) is 20.5. The van der Waals surface area contributed by atoms with Gasteiger partial charge in [0.1, 0.15) is 13.2 Å². The van der Waals surface area contributed by atoms with Crippen LogP contribution in [0.25, 0.3) is 0 Å². The molecule has 0 bridgehead atoms. The third-order valence-corrected chi connectivity index (χ3v) is 4.34. The number of nitrogens with one attached hydrogen (secondary N) is 1. The van der Waals surface area contributed by atoms with Crippen molar-refractivity contribution in [1.82, 2.24) is 5.32 Å². The van der Waals surface area contributed by atoms with Crippen LogP contribution in [0.5, 0.6) is 11.5 Å². The van der Waals surface area contributed by atoms with Crippen molar-refractivity contribution < 1.29 is 32.6 Å². The van der Waals surface area contributed by atoms with E-state index in [-0.39, 0.29) is 30.2 Å². The predicted molar refractivity (Wildman–Crippen MR) is 100.0 cm³/mol. The monoisotopic (exact) mass is 411 g/mol. The lowest BCUT2D eigenvalue weighted by atomic mass is 10.2. The molecule has 1 amide bonds. The van der Waals surface area contributed by atoms with Crippen molar-refractivity contribution in [1.29, 1.82) is 0 Å². The molecule has 0 aliphatic rings. The molecule has 0 atom stereocenters. The Morgan fingerprint density at radius 3 is 2.43 bits per heavy atom. The van der Waals surface area contributed by atoms with Crippen LogP contribution in [0.1, 0.15) is 15.9 Å². The van der Waals surface area contributed by atoms with Gasteiger partial charge in [0.25, 0.3) is 5.91 Å². The fourth-order valence-corrected chi connectivity index (χ4v) is 2.60. The van der Waals surface area contributed by atoms with Gasteiger partial charge in [0, 0.05) is 10.5 Å². The first kappa shape index (κ1) is 21.5. The number of halogens is 2. The standard InChI is InChI=1S/C19H19F2NO5S/c1-25-16-9-13(5-8-15(16)27-19(20)21)18(24)22-10-17(23)26-11-12-3-6-14(28-2)7-4-12/h3-9,19H,10-11H2,1-2H3,(H,22,24). The first-order valence-electron chi connectivity index (χ1n) is 8.12. The number of rotatable bonds is 9. The summed E-state index contributed by atoms with van der Waals surface area (Å²) in [7, 11) is 1.26. The van der Waals surface area contributed by atoms with E-state index >= 15 is 0 Å². The molecule has 0 unspecified atom stereocenters. The number of hydrogen-bond donors (Lipinski definition) is 1. The van der Waals surface area contributed by atoms with Crippen LogP contribution in [0.4, 0.5) is 8.78 Å². The van der Waals surface area contributed by atoms with Gasteiger partial charge in [-0.15, -0.1) is 11.8 Å². The molecule has 0 aliphatic heterocycles. The maximum Gasteiger partial charge on any atom is 0.387 e. The van der Waals surface area contributed by atoms with Gasteiger partial charge in [0.2, 0.25) is 0 Å². The fraction of sp³-hybridized carbons (Fsp3) is 0.263. The summed E-state index contributed by atoms with van der Waals surface area (Å²) in [5.74, 6) is -1.40. The van der Waals surface area contributed by atoms with Gasteiger partial charge in [-0.1, -0.05) is 12.1 Å². The van der Waals surface area contributed by atoms with Crippen molar-refractivity contribution in [2.45, 2.75) is 18.1 Å². The van der Waals surface area contributed by atoms with Gasteiger partial charge < -0.3 is 19.5 Å². The molecule has 1 N–H and O–H groups in total. The van der Waals surface area contributed by atoms with E-state index in [9.17, 15) is 18.4 Å². The van der Waals surface area contributed by atoms with Crippen molar-refractivity contribution in [2.24, 2.45) is 0 Å². The normalized spacial score (nSPS) is 10.5. The highest BCUT2D eigenvalue weighted by Gasteiger charge is 2.15. The lowest BCUT2D eigenvalue weighted by molar-refractivity contribution is -0.143. The molecule has 0 aliphatic carbocycles. The van der Waals surface area contributed by atoms with E-state index in [1.807, 2.05) is 30.5 Å². The van der Waals surface area contributed by atoms with Crippen LogP contribution in [0.3, 0.4) is 0 Å². The number of esters is 1. The number of alkyl halides is 2. The van der Waals surface area contributed by atoms with E-state index < -0.39 is 18.5 Å². The molecule has 0 radical (unpaired) electrons. The van der Waals surface area contributed by atoms with Crippen LogP contribution in [-0.2, 0) is 16.1 Å². The highest BCUT2D eigenvalue weighted by atomic mass is 32.2. The average molecular weight is 411 g/mol. The fourth-order valence-electron chi connectivity index (χ4n) is 2.19. The van der Waals surface area contributed by atoms with Crippen LogP contribution >= 0.6 is 11.8 Å². The second kappa shape index (κ2) is 10.5. The van der Waals surface area contributed by atoms with Gasteiger partial charge in [0.05, 0.1) is 7.11 Å². The lowest BCUT2D eigenvalue weighted by Gasteiger charge is -2.11. The molecular formula is C19H19F2NO5S. The minimum Gasteiger partial charge on any atom is -0.493 e. The van der Waals surface area contributed by atoms with E-state index in [0.717, 1.165) is 10.5 Å². The summed E-state index contributed by atoms with van der Waals surface area (Å²) in [6.07, 6.45) is 1.96. The summed E-state index contributed by atoms with van der Waals surface area (Å²) >= 11 is 1.61. The van der Waals surface area contributed by atoms with Gasteiger partial charge in [-0.3, -0.25) is 9.59 Å². The third-order valence-electron chi connectivity index (χ3n) is 3.59. The van der Waals surface area contributed by atoms with Crippen molar-refractivity contribution in [3.05, 3.63) is 53.6 Å². The van der Waals surface area contributed by atoms with Crippen molar-refractivity contribution in [3.63, 3.8) is 0 Å². The van der Waals surface area contributed by atoms with Crippen LogP contribution < -0.4 is 14.8 Å². The Morgan fingerprint density at radius 2 is 1.82 bits per heavy atom. The Labute approximate surface area is 165 Å². The number of carbonyl (C=O) groups is 2. The Kier molecular flexibility index (Phi) is 8.06. The first-order valence-corrected chi connectivity index (χ1v) is 9.35. The molecule has 2 rings (SSSR count). The number of benzene rings is 2. The maximum atomic E-state index is 12.3. The minimum absolute atomic E-state index is 0.0239. The first-order chi connectivity index (χ1) is 13.4. The zero-order valence-electron chi connectivity index (χ0n) is 15.2. The quantitative estimate of drug-likeness (QED) is 0.503. The van der Waals surface area contributed by atoms with Crippen molar-refractivity contribution in [3.8, 4) is 11.5 Å². The second-order valence-corrected chi connectivity index (χ2v) is 6.32. The molecule has 0 fully saturated rings. The number of ether oxygens (including phenoxy) is 3. The summed E-state index contributed by atoms with van der Waals surface area (Å²) in [4.78, 5) is 25.0. The van der Waals surface area contributed by atoms with Gasteiger partial charge in [-0.25, -0.2) is 0 Å². The summed E-state index contributed by atoms with van der Waals surface area (Å²) in [6.45, 7) is -3.25. The van der Waals surface area contributed by atoms with E-state index in [1.54, 1.807) is 11.8 Å². The molecule has 0 spiro atoms. The van der Waals surface area contributed by atoms with Crippen LogP contribution in [0.2, 0.25) is 0 Å². The maximum absolute atomic E-state index is 12.3. The summed E-state index contributed by atoms with van der Waals surface area (Å²) in [5.41, 5.74) is 0.954. The Morgan fingerprint density at radius 1 is 1.11 bits per heavy atom. The molecule has 6 nitrogen and oxygen atoms in total. The number of thioether (sulfide) groups is 1. The SMILES string of the molecule is COc1cc(C(=O)NCC(=O)OCc2ccc(SC)cc2)ccc1OC(F)F. The topological polar surface area (TPSA) is 73.9 Å². The Bertz CT molecular complexity index is 814. The van der Waals surface area contributed by atoms with E-state index in [4.69, 9.17) is 9.47 Å². The minimum atomic E-state index is -3.01. The van der Waals surface area contributed by atoms with E-state index in [1.165, 1.54) is 25.3 Å². The van der Waals surface area contributed by atoms with E-state index in [0.29, 0.717) is 0 Å². The molecule has 0 heterocycles. The van der Waals surface area contributed by atoms with Crippen molar-refractivity contribution in [2.75, 3.05) is 19.9 Å². The summed E-state index contributed by atoms with van der Waals surface area (Å²) < 4.78 is 39.0. The van der Waals surface area contributed by atoms with Gasteiger partial charge in [-0.2, -0.15) is 8.78 Å². The Balaban J connectivity index is 1.85. The molecule has 0 aromatic heterocycles. The summed E-state index contributed by atoms with van der Waals surface area (Å²) in [5, 5.41) is 2.40. The molecule has 0 saturated carbocycles. The van der Waals surface area contributed by atoms with Gasteiger partial charge in [-0.05, 0) is 42.2 Å². The number of carbonyl (C=O) groups excluding carboxylic acids is 2. The highest BCUT2D eigenvalue weighted by Crippen LogP contribution is 2.29. The molecule has 0 saturated heterocycles. The number of amides is 1. The molecule has 150 valence electrons. The van der Waals surface area contributed by atoms with Gasteiger partial charge in [0.15, 0.2) is 11.5 Å². The molecule has 2 aromatic rings. The Hall–Kier alpha value is -2.81. The number of methoxy groups -OCH3 is 1.